The lowest BCUT2D eigenvalue weighted by molar-refractivity contribution is 0.584. The lowest BCUT2D eigenvalue weighted by Crippen LogP contribution is -2.21. The van der Waals surface area contributed by atoms with Crippen LogP contribution in [0.3, 0.4) is 0 Å². The molecular formula is C48H30N4O2. The molecule has 0 aliphatic rings. The van der Waals surface area contributed by atoms with E-state index < -0.39 is 5.41 Å². The van der Waals surface area contributed by atoms with Crippen LogP contribution in [0.25, 0.3) is 98.9 Å². The van der Waals surface area contributed by atoms with Gasteiger partial charge in [0, 0.05) is 48.7 Å². The Kier molecular flexibility index (Phi) is 5.98. The van der Waals surface area contributed by atoms with Gasteiger partial charge in [0.25, 0.3) is 0 Å². The molecule has 7 aromatic carbocycles. The Bertz CT molecular complexity index is 3290. The highest BCUT2D eigenvalue weighted by atomic mass is 16.3. The van der Waals surface area contributed by atoms with Gasteiger partial charge in [0.2, 0.25) is 0 Å². The van der Waals surface area contributed by atoms with E-state index >= 15 is 0 Å². The quantitative estimate of drug-likeness (QED) is 0.180. The van der Waals surface area contributed by atoms with Gasteiger partial charge in [-0.15, -0.1) is 0 Å². The smallest absolute Gasteiger partial charge is 0.136 e. The van der Waals surface area contributed by atoms with Crippen molar-refractivity contribution < 1.29 is 8.83 Å². The zero-order valence-electron chi connectivity index (χ0n) is 29.7. The maximum Gasteiger partial charge on any atom is 0.136 e. The first kappa shape index (κ1) is 30.4. The molecule has 0 fully saturated rings. The summed E-state index contributed by atoms with van der Waals surface area (Å²) in [7, 11) is 0. The molecule has 0 atom stereocenters. The first-order valence-electron chi connectivity index (χ1n) is 18.1. The van der Waals surface area contributed by atoms with Crippen LogP contribution in [-0.4, -0.2) is 9.13 Å². The fraction of sp³-hybridized carbons (Fsp3) is 0.0833. The van der Waals surface area contributed by atoms with Crippen LogP contribution in [0, 0.1) is 22.7 Å². The van der Waals surface area contributed by atoms with Crippen LogP contribution < -0.4 is 0 Å². The number of rotatable bonds is 2. The molecule has 4 aromatic heterocycles. The molecule has 0 bridgehead atoms. The number of furan rings is 2. The number of nitriles is 2. The van der Waals surface area contributed by atoms with Gasteiger partial charge in [-0.2, -0.15) is 10.5 Å². The summed E-state index contributed by atoms with van der Waals surface area (Å²) in [5, 5.41) is 30.4. The minimum Gasteiger partial charge on any atom is -0.456 e. The summed E-state index contributed by atoms with van der Waals surface area (Å²) >= 11 is 0. The van der Waals surface area contributed by atoms with Gasteiger partial charge in [0.15, 0.2) is 0 Å². The number of benzene rings is 7. The predicted octanol–water partition coefficient (Wildman–Crippen LogP) is 12.7. The number of fused-ring (bicyclic) bond motifs is 14. The molecule has 6 heteroatoms. The van der Waals surface area contributed by atoms with Gasteiger partial charge in [-0.25, -0.2) is 0 Å². The number of aromatic nitrogens is 2. The van der Waals surface area contributed by atoms with Crippen LogP contribution in [0.15, 0.2) is 136 Å². The van der Waals surface area contributed by atoms with Crippen molar-refractivity contribution in [1.82, 2.24) is 9.13 Å². The zero-order valence-corrected chi connectivity index (χ0v) is 29.7. The van der Waals surface area contributed by atoms with Gasteiger partial charge in [-0.3, -0.25) is 0 Å². The summed E-state index contributed by atoms with van der Waals surface area (Å²) in [6.45, 7) is 6.51. The molecule has 254 valence electrons. The molecule has 11 rings (SSSR count). The Hall–Kier alpha value is -7.28. The predicted molar refractivity (Wildman–Crippen MR) is 218 cm³/mol. The van der Waals surface area contributed by atoms with Crippen molar-refractivity contribution in [3.8, 4) is 23.5 Å². The van der Waals surface area contributed by atoms with E-state index in [0.717, 1.165) is 104 Å². The molecule has 0 aliphatic heterocycles. The van der Waals surface area contributed by atoms with E-state index in [1.54, 1.807) is 6.07 Å². The van der Waals surface area contributed by atoms with Crippen molar-refractivity contribution in [1.29, 1.82) is 10.5 Å². The molecule has 0 N–H and O–H groups in total. The van der Waals surface area contributed by atoms with Gasteiger partial charge in [-0.1, -0.05) is 93.6 Å². The second kappa shape index (κ2) is 10.6. The zero-order chi connectivity index (χ0) is 36.5. The van der Waals surface area contributed by atoms with Gasteiger partial charge < -0.3 is 18.0 Å². The largest absolute Gasteiger partial charge is 0.456 e. The summed E-state index contributed by atoms with van der Waals surface area (Å²) in [6.07, 6.45) is 0. The first-order chi connectivity index (χ1) is 26.4. The van der Waals surface area contributed by atoms with Gasteiger partial charge in [0.05, 0.1) is 44.6 Å². The summed E-state index contributed by atoms with van der Waals surface area (Å²) in [5.41, 5.74) is 9.91. The molecule has 0 amide bonds. The molecule has 6 nitrogen and oxygen atoms in total. The van der Waals surface area contributed by atoms with Crippen molar-refractivity contribution in [3.63, 3.8) is 0 Å². The van der Waals surface area contributed by atoms with E-state index in [0.29, 0.717) is 11.1 Å². The van der Waals surface area contributed by atoms with Gasteiger partial charge in [-0.05, 0) is 60.0 Å². The lowest BCUT2D eigenvalue weighted by atomic mass is 9.81. The lowest BCUT2D eigenvalue weighted by Gasteiger charge is -2.30. The third-order valence-electron chi connectivity index (χ3n) is 11.1. The van der Waals surface area contributed by atoms with Crippen LogP contribution in [0.1, 0.15) is 37.5 Å². The van der Waals surface area contributed by atoms with E-state index in [4.69, 9.17) is 8.83 Å². The molecule has 11 aromatic rings. The first-order valence-corrected chi connectivity index (χ1v) is 18.1. The topological polar surface area (TPSA) is 83.7 Å². The summed E-state index contributed by atoms with van der Waals surface area (Å²) < 4.78 is 17.2. The molecule has 0 saturated heterocycles. The number of hydrogen-bond acceptors (Lipinski definition) is 4. The van der Waals surface area contributed by atoms with Crippen molar-refractivity contribution in [3.05, 3.63) is 144 Å². The third kappa shape index (κ3) is 3.86. The molecule has 0 unspecified atom stereocenters. The monoisotopic (exact) mass is 694 g/mol. The second-order valence-electron chi connectivity index (χ2n) is 15.1. The van der Waals surface area contributed by atoms with E-state index in [1.165, 1.54) is 0 Å². The van der Waals surface area contributed by atoms with Gasteiger partial charge in [0.1, 0.15) is 34.5 Å². The molecule has 4 heterocycles. The Morgan fingerprint density at radius 3 is 1.28 bits per heavy atom. The Morgan fingerprint density at radius 1 is 0.444 bits per heavy atom. The molecule has 54 heavy (non-hydrogen) atoms. The van der Waals surface area contributed by atoms with Crippen LogP contribution in [0.4, 0.5) is 0 Å². The fourth-order valence-electron chi connectivity index (χ4n) is 9.04. The summed E-state index contributed by atoms with van der Waals surface area (Å²) in [6, 6.07) is 48.2. The number of nitrogens with zero attached hydrogens (tertiary/aromatic N) is 4. The number of hydrogen-bond donors (Lipinski definition) is 0. The van der Waals surface area contributed by atoms with Crippen LogP contribution in [0.5, 0.6) is 0 Å². The van der Waals surface area contributed by atoms with Crippen LogP contribution in [0.2, 0.25) is 0 Å². The average molecular weight is 695 g/mol. The van der Waals surface area contributed by atoms with Crippen molar-refractivity contribution >= 4 is 87.5 Å². The highest BCUT2D eigenvalue weighted by Crippen LogP contribution is 2.48. The van der Waals surface area contributed by atoms with Crippen LogP contribution >= 0.6 is 0 Å². The van der Waals surface area contributed by atoms with Crippen molar-refractivity contribution in [2.24, 2.45) is 0 Å². The van der Waals surface area contributed by atoms with E-state index in [-0.39, 0.29) is 0 Å². The van der Waals surface area contributed by atoms with Crippen LogP contribution in [-0.2, 0) is 5.41 Å². The third-order valence-corrected chi connectivity index (χ3v) is 11.1. The molecular weight excluding hydrogens is 665 g/mol. The van der Waals surface area contributed by atoms with E-state index in [1.807, 2.05) is 60.7 Å². The van der Waals surface area contributed by atoms with Gasteiger partial charge >= 0.3 is 0 Å². The maximum atomic E-state index is 11.0. The van der Waals surface area contributed by atoms with Crippen molar-refractivity contribution in [2.75, 3.05) is 0 Å². The fourth-order valence-corrected chi connectivity index (χ4v) is 9.04. The standard InChI is InChI=1S/C48H30N4O2/c1-48(2,3)45-46(51-33-16-8-4-12-29(33)41-35(51)20-22-39-43(41)31-14-6-10-18-37(31)53-39)27(25-49)24-28(26-50)47(45)52-34-17-9-5-13-30(34)42-36(52)21-23-40-44(42)32-15-7-11-19-38(32)54-40/h4-24H,1-3H3. The SMILES string of the molecule is CC(C)(C)c1c(-n2c3ccccc3c3c4c(ccc32)oc2ccccc24)c(C#N)cc(C#N)c1-n1c2ccccc2c2c3c(ccc21)oc1ccccc13. The molecule has 0 spiro atoms. The summed E-state index contributed by atoms with van der Waals surface area (Å²) in [5.74, 6) is 0. The normalized spacial score (nSPS) is 12.3. The maximum absolute atomic E-state index is 11.0. The Labute approximate surface area is 308 Å². The molecule has 0 radical (unpaired) electrons. The van der Waals surface area contributed by atoms with Crippen molar-refractivity contribution in [2.45, 2.75) is 26.2 Å². The summed E-state index contributed by atoms with van der Waals surface area (Å²) in [4.78, 5) is 0. The highest BCUT2D eigenvalue weighted by molar-refractivity contribution is 6.29. The minimum absolute atomic E-state index is 0.434. The minimum atomic E-state index is -0.530. The average Bonchev–Trinajstić information content (AvgIpc) is 3.93. The van der Waals surface area contributed by atoms with E-state index in [2.05, 4.69) is 103 Å². The number of para-hydroxylation sites is 4. The Balaban J connectivity index is 1.36. The molecule has 0 saturated carbocycles. The Morgan fingerprint density at radius 2 is 0.852 bits per heavy atom. The molecule has 0 aliphatic carbocycles. The second-order valence-corrected chi connectivity index (χ2v) is 15.1. The van der Waals surface area contributed by atoms with E-state index in [9.17, 15) is 10.5 Å². The highest BCUT2D eigenvalue weighted by Gasteiger charge is 2.33.